The molecule has 0 aromatic heterocycles. The van der Waals surface area contributed by atoms with E-state index in [4.69, 9.17) is 4.43 Å². The molecule has 4 nitrogen and oxygen atoms in total. The van der Waals surface area contributed by atoms with E-state index in [0.717, 1.165) is 6.61 Å². The third-order valence-electron chi connectivity index (χ3n) is 7.92. The highest BCUT2D eigenvalue weighted by molar-refractivity contribution is 6.27. The lowest BCUT2D eigenvalue weighted by Gasteiger charge is -2.36. The molecule has 5 heteroatoms. The van der Waals surface area contributed by atoms with Gasteiger partial charge in [-0.05, 0) is 135 Å². The zero-order valence-corrected chi connectivity index (χ0v) is 26.9. The molecule has 212 valence electrons. The highest BCUT2D eigenvalue weighted by Crippen LogP contribution is 2.39. The van der Waals surface area contributed by atoms with Gasteiger partial charge < -0.3 is 19.1 Å². The molecule has 0 aromatic carbocycles. The Bertz CT molecular complexity index is 388. The first-order valence-corrected chi connectivity index (χ1v) is 17.4. The predicted octanol–water partition coefficient (Wildman–Crippen LogP) is 6.83. The molecular weight excluding hydrogens is 446 g/mol. The fraction of sp³-hybridized carbons (Fsp3) is 1.00. The Labute approximate surface area is 224 Å². The quantitative estimate of drug-likeness (QED) is 0.0885. The average Bonchev–Trinajstić information content (AvgIpc) is 2.86. The normalized spacial score (nSPS) is 12.9. The molecule has 0 aliphatic heterocycles. The summed E-state index contributed by atoms with van der Waals surface area (Å²) in [4.78, 5) is 8.00. The van der Waals surface area contributed by atoms with Gasteiger partial charge in [-0.2, -0.15) is 0 Å². The lowest BCUT2D eigenvalue weighted by Crippen LogP contribution is -2.32. The smallest absolute Gasteiger partial charge is 0.162 e. The zero-order valence-electron chi connectivity index (χ0n) is 25.5. The van der Waals surface area contributed by atoms with Gasteiger partial charge in [-0.15, -0.1) is 0 Å². The molecule has 0 saturated carbocycles. The van der Waals surface area contributed by atoms with Crippen molar-refractivity contribution in [2.45, 2.75) is 125 Å². The van der Waals surface area contributed by atoms with Gasteiger partial charge in [0.15, 0.2) is 9.76 Å². The van der Waals surface area contributed by atoms with E-state index >= 15 is 0 Å². The number of unbranched alkanes of at least 4 members (excludes halogenated alkanes) is 1. The highest BCUT2D eigenvalue weighted by atomic mass is 28.2. The zero-order chi connectivity index (χ0) is 26.2. The van der Waals surface area contributed by atoms with Crippen LogP contribution in [0.3, 0.4) is 0 Å². The lowest BCUT2D eigenvalue weighted by molar-refractivity contribution is 0.173. The third kappa shape index (κ3) is 18.0. The van der Waals surface area contributed by atoms with E-state index in [1.807, 2.05) is 0 Å². The Morgan fingerprint density at radius 1 is 0.514 bits per heavy atom. The molecule has 0 heterocycles. The molecule has 0 bridgehead atoms. The Morgan fingerprint density at radius 3 is 1.23 bits per heavy atom. The van der Waals surface area contributed by atoms with Gasteiger partial charge in [-0.1, -0.05) is 54.9 Å². The fourth-order valence-corrected chi connectivity index (χ4v) is 7.39. The minimum atomic E-state index is -0.440. The van der Waals surface area contributed by atoms with Crippen LogP contribution in [-0.4, -0.2) is 90.0 Å². The predicted molar refractivity (Wildman–Crippen MR) is 162 cm³/mol. The topological polar surface area (TPSA) is 19.0 Å². The minimum Gasteiger partial charge on any atom is -0.424 e. The van der Waals surface area contributed by atoms with Crippen molar-refractivity contribution in [1.29, 1.82) is 0 Å². The molecule has 0 N–H and O–H groups in total. The van der Waals surface area contributed by atoms with Crippen molar-refractivity contribution in [3.8, 4) is 0 Å². The van der Waals surface area contributed by atoms with Crippen molar-refractivity contribution in [1.82, 2.24) is 14.7 Å². The summed E-state index contributed by atoms with van der Waals surface area (Å²) in [7, 11) is -0.440. The largest absolute Gasteiger partial charge is 0.424 e. The van der Waals surface area contributed by atoms with Gasteiger partial charge in [-0.3, -0.25) is 0 Å². The van der Waals surface area contributed by atoms with E-state index in [0.29, 0.717) is 5.41 Å². The summed E-state index contributed by atoms with van der Waals surface area (Å²) >= 11 is 0. The number of hydrogen-bond acceptors (Lipinski definition) is 4. The van der Waals surface area contributed by atoms with Crippen molar-refractivity contribution >= 4 is 9.76 Å². The SMILES string of the molecule is CCCCO[SiH2]CC(CCCN(CC)CCC)(CCCN(CC)CCC)CCCN(CC)CCC. The molecule has 0 aliphatic rings. The molecule has 35 heavy (non-hydrogen) atoms. The summed E-state index contributed by atoms with van der Waals surface area (Å²) in [5, 5.41) is 0. The Kier molecular flexibility index (Phi) is 24.4. The van der Waals surface area contributed by atoms with E-state index < -0.39 is 9.76 Å². The first-order chi connectivity index (χ1) is 17.0. The van der Waals surface area contributed by atoms with Crippen LogP contribution in [-0.2, 0) is 4.43 Å². The van der Waals surface area contributed by atoms with Gasteiger partial charge >= 0.3 is 0 Å². The van der Waals surface area contributed by atoms with Gasteiger partial charge in [0.1, 0.15) is 0 Å². The number of hydrogen-bond donors (Lipinski definition) is 0. The van der Waals surface area contributed by atoms with Gasteiger partial charge in [0, 0.05) is 6.61 Å². The molecule has 0 rings (SSSR count). The third-order valence-corrected chi connectivity index (χ3v) is 9.77. The molecule has 0 atom stereocenters. The first kappa shape index (κ1) is 35.1. The van der Waals surface area contributed by atoms with Crippen LogP contribution >= 0.6 is 0 Å². The van der Waals surface area contributed by atoms with E-state index in [-0.39, 0.29) is 0 Å². The van der Waals surface area contributed by atoms with Crippen molar-refractivity contribution in [2.24, 2.45) is 5.41 Å². The highest BCUT2D eigenvalue weighted by Gasteiger charge is 2.29. The summed E-state index contributed by atoms with van der Waals surface area (Å²) < 4.78 is 6.30. The molecule has 0 aliphatic carbocycles. The van der Waals surface area contributed by atoms with Gasteiger partial charge in [0.25, 0.3) is 0 Å². The van der Waals surface area contributed by atoms with Crippen molar-refractivity contribution in [3.63, 3.8) is 0 Å². The van der Waals surface area contributed by atoms with Gasteiger partial charge in [0.05, 0.1) is 0 Å². The van der Waals surface area contributed by atoms with Crippen LogP contribution in [0.25, 0.3) is 0 Å². The van der Waals surface area contributed by atoms with Crippen molar-refractivity contribution in [2.75, 3.05) is 65.5 Å². The second-order valence-electron chi connectivity index (χ2n) is 10.8. The summed E-state index contributed by atoms with van der Waals surface area (Å²) in [6.45, 7) is 28.4. The second-order valence-corrected chi connectivity index (χ2v) is 12.1. The molecular formula is C30H67N3OSi. The van der Waals surface area contributed by atoms with Crippen molar-refractivity contribution in [3.05, 3.63) is 0 Å². The second kappa shape index (κ2) is 24.4. The Morgan fingerprint density at radius 2 is 0.914 bits per heavy atom. The average molecular weight is 514 g/mol. The van der Waals surface area contributed by atoms with Crippen LogP contribution in [0.15, 0.2) is 0 Å². The molecule has 0 fully saturated rings. The Hall–Kier alpha value is 0.0569. The van der Waals surface area contributed by atoms with Crippen LogP contribution in [0.1, 0.15) is 119 Å². The van der Waals surface area contributed by atoms with Gasteiger partial charge in [0.2, 0.25) is 0 Å². The van der Waals surface area contributed by atoms with E-state index in [2.05, 4.69) is 63.2 Å². The van der Waals surface area contributed by atoms with Crippen LogP contribution in [0.4, 0.5) is 0 Å². The summed E-state index contributed by atoms with van der Waals surface area (Å²) in [5.74, 6) is 0. The monoisotopic (exact) mass is 514 g/mol. The molecule has 0 radical (unpaired) electrons. The maximum absolute atomic E-state index is 6.30. The van der Waals surface area contributed by atoms with E-state index in [9.17, 15) is 0 Å². The number of nitrogens with zero attached hydrogens (tertiary/aromatic N) is 3. The molecule has 0 spiro atoms. The van der Waals surface area contributed by atoms with Crippen LogP contribution in [0.2, 0.25) is 6.04 Å². The first-order valence-electron chi connectivity index (χ1n) is 15.8. The fourth-order valence-electron chi connectivity index (χ4n) is 5.65. The van der Waals surface area contributed by atoms with E-state index in [1.54, 1.807) is 0 Å². The maximum Gasteiger partial charge on any atom is 0.162 e. The molecule has 0 unspecified atom stereocenters. The van der Waals surface area contributed by atoms with Crippen molar-refractivity contribution < 1.29 is 4.43 Å². The van der Waals surface area contributed by atoms with Crippen LogP contribution in [0.5, 0.6) is 0 Å². The van der Waals surface area contributed by atoms with Crippen LogP contribution < -0.4 is 0 Å². The number of rotatable bonds is 27. The molecule has 0 aromatic rings. The summed E-state index contributed by atoms with van der Waals surface area (Å²) in [5.41, 5.74) is 0.501. The summed E-state index contributed by atoms with van der Waals surface area (Å²) in [6, 6.07) is 1.39. The molecule has 0 amide bonds. The lowest BCUT2D eigenvalue weighted by atomic mass is 9.76. The molecule has 0 saturated heterocycles. The minimum absolute atomic E-state index is 0.440. The van der Waals surface area contributed by atoms with E-state index in [1.165, 1.54) is 136 Å². The maximum atomic E-state index is 6.30. The van der Waals surface area contributed by atoms with Crippen LogP contribution in [0, 0.1) is 5.41 Å². The van der Waals surface area contributed by atoms with Gasteiger partial charge in [-0.25, -0.2) is 0 Å². The summed E-state index contributed by atoms with van der Waals surface area (Å²) in [6.07, 6.45) is 14.6. The standard InChI is InChI=1S/C30H67N3OSi/c1-8-15-28-34-35-29-30(19-16-25-31(12-5)22-9-2,20-17-26-32(13-6)23-10-3)21-18-27-33(14-7)24-11-4/h8-29,35H2,1-7H3. The Balaban J connectivity index is 5.31.